The van der Waals surface area contributed by atoms with Gasteiger partial charge in [-0.3, -0.25) is 33.6 Å². The molecule has 1 heterocycles. The van der Waals surface area contributed by atoms with Crippen molar-refractivity contribution < 1.29 is 43.8 Å². The molecule has 1 aliphatic heterocycles. The number of hydrogen-bond donors (Lipinski definition) is 11. The molecule has 0 spiro atoms. The number of carboxylic acids is 1. The largest absolute Gasteiger partial charge is 0.508 e. The van der Waals surface area contributed by atoms with Gasteiger partial charge in [0.1, 0.15) is 36.0 Å². The summed E-state index contributed by atoms with van der Waals surface area (Å²) < 4.78 is 0. The van der Waals surface area contributed by atoms with E-state index in [1.54, 1.807) is 0 Å². The second kappa shape index (κ2) is 18.7. The zero-order valence-corrected chi connectivity index (χ0v) is 26.1. The molecule has 10 N–H and O–H groups in total. The van der Waals surface area contributed by atoms with Gasteiger partial charge in [0, 0.05) is 17.9 Å². The molecule has 1 aromatic carbocycles. The monoisotopic (exact) mass is 669 g/mol. The Morgan fingerprint density at radius 3 is 1.82 bits per heavy atom. The minimum Gasteiger partial charge on any atom is -0.508 e. The number of unbranched alkanes of at least 4 members (excludes halogenated alkanes) is 1. The van der Waals surface area contributed by atoms with Crippen molar-refractivity contribution in [1.82, 2.24) is 31.9 Å². The lowest BCUT2D eigenvalue weighted by Gasteiger charge is -2.27. The van der Waals surface area contributed by atoms with E-state index in [1.807, 2.05) is 0 Å². The van der Waals surface area contributed by atoms with E-state index in [1.165, 1.54) is 24.3 Å². The summed E-state index contributed by atoms with van der Waals surface area (Å²) in [6.45, 7) is -0.290. The Kier molecular flexibility index (Phi) is 15.4. The van der Waals surface area contributed by atoms with Crippen LogP contribution in [-0.4, -0.2) is 106 Å². The molecule has 0 aromatic heterocycles. The van der Waals surface area contributed by atoms with Crippen LogP contribution in [0.3, 0.4) is 0 Å². The van der Waals surface area contributed by atoms with Gasteiger partial charge in [-0.2, -0.15) is 25.3 Å². The van der Waals surface area contributed by atoms with Crippen molar-refractivity contribution in [3.05, 3.63) is 29.8 Å². The number of hydrogen-bond acceptors (Lipinski definition) is 11. The average molecular weight is 670 g/mol. The maximum absolute atomic E-state index is 13.5. The summed E-state index contributed by atoms with van der Waals surface area (Å²) in [6.07, 6.45) is -0.0204. The van der Waals surface area contributed by atoms with E-state index < -0.39 is 84.6 Å². The van der Waals surface area contributed by atoms with E-state index in [9.17, 15) is 43.8 Å². The maximum Gasteiger partial charge on any atom is 0.305 e. The number of aromatic hydroxyl groups is 1. The second-order valence-corrected chi connectivity index (χ2v) is 10.9. The molecule has 1 saturated heterocycles. The number of carbonyl (C=O) groups excluding carboxylic acids is 6. The molecule has 16 nitrogen and oxygen atoms in total. The first-order valence-electron chi connectivity index (χ1n) is 14.1. The molecular formula is C27H39N7O9S2. The number of phenols is 1. The number of carbonyl (C=O) groups is 7. The van der Waals surface area contributed by atoms with Crippen LogP contribution < -0.4 is 37.6 Å². The van der Waals surface area contributed by atoms with E-state index in [4.69, 9.17) is 5.73 Å². The van der Waals surface area contributed by atoms with Gasteiger partial charge in [-0.1, -0.05) is 12.1 Å². The van der Waals surface area contributed by atoms with Crippen molar-refractivity contribution in [2.24, 2.45) is 5.73 Å². The topological polar surface area (TPSA) is 258 Å². The Bertz CT molecular complexity index is 1240. The standard InChI is InChI=1S/C27H39N7O9S2/c28-8-2-1-3-16-24(40)32-18(10-22(37)38)26(42)34-20(13-45)27(43)33-19(12-44)23(39)29-11-21(36)30-17(25(41)31-16)9-14-4-6-15(35)7-5-14/h4-7,16-20,35,44-45H,1-3,8-13,28H2,(H,29,39)(H,30,36)(H,31,41)(H,32,40)(H,33,43)(H,34,42)(H,37,38)/t16-,17-,18-,19-,20-/m0/s1. The number of nitrogens with two attached hydrogens (primary N) is 1. The fourth-order valence-corrected chi connectivity index (χ4v) is 4.75. The molecular weight excluding hydrogens is 630 g/mol. The zero-order valence-electron chi connectivity index (χ0n) is 24.3. The Morgan fingerprint density at radius 2 is 1.24 bits per heavy atom. The predicted molar refractivity (Wildman–Crippen MR) is 167 cm³/mol. The lowest BCUT2D eigenvalue weighted by atomic mass is 10.0. The third-order valence-electron chi connectivity index (χ3n) is 6.67. The Hall–Kier alpha value is -4.03. The van der Waals surface area contributed by atoms with Crippen LogP contribution in [0.1, 0.15) is 31.2 Å². The van der Waals surface area contributed by atoms with Crippen LogP contribution in [0.2, 0.25) is 0 Å². The first-order chi connectivity index (χ1) is 21.4. The van der Waals surface area contributed by atoms with Gasteiger partial charge in [0.15, 0.2) is 0 Å². The summed E-state index contributed by atoms with van der Waals surface area (Å²) >= 11 is 8.13. The molecule has 0 bridgehead atoms. The summed E-state index contributed by atoms with van der Waals surface area (Å²) in [5.41, 5.74) is 6.12. The number of aliphatic carboxylic acids is 1. The number of carboxylic acid groups (broad SMARTS) is 1. The summed E-state index contributed by atoms with van der Waals surface area (Å²) in [5, 5.41) is 33.5. The van der Waals surface area contributed by atoms with E-state index >= 15 is 0 Å². The quantitative estimate of drug-likeness (QED) is 0.0886. The first kappa shape index (κ1) is 37.2. The maximum atomic E-state index is 13.5. The van der Waals surface area contributed by atoms with Crippen LogP contribution in [-0.2, 0) is 40.0 Å². The van der Waals surface area contributed by atoms with Gasteiger partial charge in [-0.15, -0.1) is 0 Å². The van der Waals surface area contributed by atoms with Gasteiger partial charge in [0.2, 0.25) is 35.4 Å². The van der Waals surface area contributed by atoms with E-state index in [0.29, 0.717) is 24.9 Å². The number of phenolic OH excluding ortho intramolecular Hbond substituents is 1. The highest BCUT2D eigenvalue weighted by molar-refractivity contribution is 7.80. The highest BCUT2D eigenvalue weighted by Gasteiger charge is 2.33. The van der Waals surface area contributed by atoms with E-state index in [2.05, 4.69) is 57.2 Å². The fraction of sp³-hybridized carbons (Fsp3) is 0.519. The molecule has 18 heteroatoms. The normalized spacial score (nSPS) is 24.1. The number of rotatable bonds is 10. The molecule has 5 atom stereocenters. The highest BCUT2D eigenvalue weighted by atomic mass is 32.1. The molecule has 248 valence electrons. The smallest absolute Gasteiger partial charge is 0.305 e. The van der Waals surface area contributed by atoms with Crippen molar-refractivity contribution in [1.29, 1.82) is 0 Å². The molecule has 1 aliphatic rings. The lowest BCUT2D eigenvalue weighted by Crippen LogP contribution is -2.61. The van der Waals surface area contributed by atoms with E-state index in [0.717, 1.165) is 0 Å². The summed E-state index contributed by atoms with van der Waals surface area (Å²) in [6, 6.07) is -0.952. The van der Waals surface area contributed by atoms with Gasteiger partial charge >= 0.3 is 5.97 Å². The fourth-order valence-electron chi connectivity index (χ4n) is 4.24. The molecule has 1 fully saturated rings. The minimum absolute atomic E-state index is 0.0252. The van der Waals surface area contributed by atoms with Crippen LogP contribution in [0.4, 0.5) is 0 Å². The second-order valence-electron chi connectivity index (χ2n) is 10.2. The van der Waals surface area contributed by atoms with Gasteiger partial charge < -0.3 is 47.8 Å². The van der Waals surface area contributed by atoms with Crippen molar-refractivity contribution in [3.8, 4) is 5.75 Å². The summed E-state index contributed by atoms with van der Waals surface area (Å²) in [5.74, 6) is -6.99. The first-order valence-corrected chi connectivity index (χ1v) is 15.3. The van der Waals surface area contributed by atoms with Crippen LogP contribution in [0.5, 0.6) is 5.75 Å². The van der Waals surface area contributed by atoms with Crippen LogP contribution >= 0.6 is 25.3 Å². The van der Waals surface area contributed by atoms with Crippen LogP contribution in [0.25, 0.3) is 0 Å². The number of thiol groups is 2. The molecule has 0 saturated carbocycles. The number of amides is 6. The van der Waals surface area contributed by atoms with Crippen molar-refractivity contribution in [2.45, 2.75) is 62.3 Å². The molecule has 0 aliphatic carbocycles. The minimum atomic E-state index is -1.66. The Morgan fingerprint density at radius 1 is 0.733 bits per heavy atom. The number of benzene rings is 1. The molecule has 0 unspecified atom stereocenters. The highest BCUT2D eigenvalue weighted by Crippen LogP contribution is 2.12. The van der Waals surface area contributed by atoms with Gasteiger partial charge in [-0.25, -0.2) is 0 Å². The lowest BCUT2D eigenvalue weighted by molar-refractivity contribution is -0.141. The third-order valence-corrected chi connectivity index (χ3v) is 7.40. The molecule has 6 amide bonds. The molecule has 1 aromatic rings. The van der Waals surface area contributed by atoms with Crippen molar-refractivity contribution >= 4 is 66.7 Å². The van der Waals surface area contributed by atoms with Gasteiger partial charge in [0.05, 0.1) is 13.0 Å². The summed E-state index contributed by atoms with van der Waals surface area (Å²) in [7, 11) is 0. The van der Waals surface area contributed by atoms with Crippen molar-refractivity contribution in [2.75, 3.05) is 24.6 Å². The Balaban J connectivity index is 2.49. The SMILES string of the molecule is NCCCC[C@@H]1NC(=O)[C@H](Cc2ccc(O)cc2)NC(=O)CNC(=O)[C@H](CS)NC(=O)[C@H](CS)NC(=O)[C@H](CC(=O)O)NC1=O. The summed E-state index contributed by atoms with van der Waals surface area (Å²) in [4.78, 5) is 90.1. The van der Waals surface area contributed by atoms with Crippen molar-refractivity contribution in [3.63, 3.8) is 0 Å². The van der Waals surface area contributed by atoms with Gasteiger partial charge in [-0.05, 0) is 43.5 Å². The van der Waals surface area contributed by atoms with Crippen LogP contribution in [0, 0.1) is 0 Å². The van der Waals surface area contributed by atoms with E-state index in [-0.39, 0.29) is 30.1 Å². The zero-order chi connectivity index (χ0) is 33.5. The van der Waals surface area contributed by atoms with Gasteiger partial charge in [0.25, 0.3) is 0 Å². The molecule has 45 heavy (non-hydrogen) atoms. The van der Waals surface area contributed by atoms with Crippen LogP contribution in [0.15, 0.2) is 24.3 Å². The number of nitrogens with one attached hydrogen (secondary N) is 6. The molecule has 2 rings (SSSR count). The Labute approximate surface area is 270 Å². The predicted octanol–water partition coefficient (Wildman–Crippen LogP) is -3.05. The third kappa shape index (κ3) is 12.5. The molecule has 0 radical (unpaired) electrons. The average Bonchev–Trinajstić information content (AvgIpc) is 3.00.